The summed E-state index contributed by atoms with van der Waals surface area (Å²) >= 11 is 3.64. The summed E-state index contributed by atoms with van der Waals surface area (Å²) in [7, 11) is 1.70. The maximum absolute atomic E-state index is 6.51. The zero-order valence-electron chi connectivity index (χ0n) is 12.2. The summed E-state index contributed by atoms with van der Waals surface area (Å²) in [5, 5.41) is 0. The van der Waals surface area contributed by atoms with Crippen LogP contribution in [0.15, 0.2) is 46.9 Å². The minimum atomic E-state index is 0.119. The highest BCUT2D eigenvalue weighted by molar-refractivity contribution is 9.10. The number of nitrogens with two attached hydrogens (primary N) is 1. The number of methoxy groups -OCH3 is 1. The molecule has 0 radical (unpaired) electrons. The first-order valence-electron chi connectivity index (χ1n) is 7.35. The molecule has 0 fully saturated rings. The van der Waals surface area contributed by atoms with Crippen LogP contribution < -0.4 is 10.5 Å². The topological polar surface area (TPSA) is 35.2 Å². The molecule has 0 saturated heterocycles. The maximum atomic E-state index is 6.51. The number of rotatable bonds is 3. The molecule has 2 atom stereocenters. The van der Waals surface area contributed by atoms with Gasteiger partial charge in [-0.1, -0.05) is 40.2 Å². The van der Waals surface area contributed by atoms with Crippen molar-refractivity contribution in [3.05, 3.63) is 63.6 Å². The molecule has 0 bridgehead atoms. The van der Waals surface area contributed by atoms with Gasteiger partial charge in [0, 0.05) is 10.5 Å². The van der Waals surface area contributed by atoms with Gasteiger partial charge in [-0.3, -0.25) is 0 Å². The van der Waals surface area contributed by atoms with E-state index in [0.717, 1.165) is 29.5 Å². The molecular formula is C18H20BrNO. The molecule has 0 heterocycles. The molecule has 2 N–H and O–H groups in total. The minimum absolute atomic E-state index is 0.119. The molecule has 0 spiro atoms. The van der Waals surface area contributed by atoms with Gasteiger partial charge in [0.25, 0.3) is 0 Å². The molecule has 1 aliphatic carbocycles. The lowest BCUT2D eigenvalue weighted by molar-refractivity contribution is 0.374. The third kappa shape index (κ3) is 2.99. The summed E-state index contributed by atoms with van der Waals surface area (Å²) in [6.07, 6.45) is 3.24. The molecule has 110 valence electrons. The van der Waals surface area contributed by atoms with Crippen molar-refractivity contribution in [2.24, 2.45) is 11.7 Å². The summed E-state index contributed by atoms with van der Waals surface area (Å²) in [4.78, 5) is 0. The third-order valence-electron chi connectivity index (χ3n) is 4.44. The summed E-state index contributed by atoms with van der Waals surface area (Å²) in [5.74, 6) is 1.38. The molecule has 2 aromatic carbocycles. The number of hydrogen-bond donors (Lipinski definition) is 1. The fourth-order valence-corrected chi connectivity index (χ4v) is 3.62. The van der Waals surface area contributed by atoms with Crippen LogP contribution in [-0.2, 0) is 12.8 Å². The van der Waals surface area contributed by atoms with Gasteiger partial charge in [-0.15, -0.1) is 0 Å². The Morgan fingerprint density at radius 3 is 2.86 bits per heavy atom. The zero-order chi connectivity index (χ0) is 14.8. The van der Waals surface area contributed by atoms with Crippen molar-refractivity contribution in [3.63, 3.8) is 0 Å². The fourth-order valence-electron chi connectivity index (χ4n) is 3.21. The molecule has 3 rings (SSSR count). The number of benzene rings is 2. The van der Waals surface area contributed by atoms with E-state index in [9.17, 15) is 0 Å². The normalized spacial score (nSPS) is 20.9. The van der Waals surface area contributed by atoms with Crippen molar-refractivity contribution in [1.82, 2.24) is 0 Å². The standard InChI is InChI=1S/C18H20BrNO/c1-21-15-8-9-17(19)14(11-15)10-13-7-6-12-4-2-3-5-16(12)18(13)20/h2-5,8-9,11,13,18H,6-7,10,20H2,1H3. The van der Waals surface area contributed by atoms with E-state index in [1.54, 1.807) is 7.11 Å². The Bertz CT molecular complexity index is 641. The fraction of sp³-hybridized carbons (Fsp3) is 0.333. The van der Waals surface area contributed by atoms with E-state index in [0.29, 0.717) is 5.92 Å². The highest BCUT2D eigenvalue weighted by Crippen LogP contribution is 2.36. The highest BCUT2D eigenvalue weighted by Gasteiger charge is 2.27. The van der Waals surface area contributed by atoms with Crippen LogP contribution in [0.4, 0.5) is 0 Å². The van der Waals surface area contributed by atoms with E-state index < -0.39 is 0 Å². The average Bonchev–Trinajstić information content (AvgIpc) is 2.52. The Morgan fingerprint density at radius 2 is 2.05 bits per heavy atom. The average molecular weight is 346 g/mol. The van der Waals surface area contributed by atoms with Gasteiger partial charge in [-0.2, -0.15) is 0 Å². The molecule has 3 heteroatoms. The van der Waals surface area contributed by atoms with E-state index >= 15 is 0 Å². The first-order valence-corrected chi connectivity index (χ1v) is 8.14. The Balaban J connectivity index is 1.83. The number of ether oxygens (including phenoxy) is 1. The second kappa shape index (κ2) is 6.20. The van der Waals surface area contributed by atoms with E-state index in [1.807, 2.05) is 6.07 Å². The molecule has 1 aliphatic rings. The van der Waals surface area contributed by atoms with Gasteiger partial charge in [-0.25, -0.2) is 0 Å². The molecular weight excluding hydrogens is 326 g/mol. The van der Waals surface area contributed by atoms with Crippen LogP contribution in [0.3, 0.4) is 0 Å². The van der Waals surface area contributed by atoms with E-state index in [4.69, 9.17) is 10.5 Å². The third-order valence-corrected chi connectivity index (χ3v) is 5.22. The molecule has 21 heavy (non-hydrogen) atoms. The van der Waals surface area contributed by atoms with Crippen molar-refractivity contribution in [2.75, 3.05) is 7.11 Å². The van der Waals surface area contributed by atoms with Crippen LogP contribution in [0.1, 0.15) is 29.2 Å². The van der Waals surface area contributed by atoms with Gasteiger partial charge in [-0.05, 0) is 60.1 Å². The van der Waals surface area contributed by atoms with Gasteiger partial charge in [0.15, 0.2) is 0 Å². The first kappa shape index (κ1) is 14.6. The van der Waals surface area contributed by atoms with E-state index in [-0.39, 0.29) is 6.04 Å². The number of fused-ring (bicyclic) bond motifs is 1. The lowest BCUT2D eigenvalue weighted by Crippen LogP contribution is -2.28. The summed E-state index contributed by atoms with van der Waals surface area (Å²) in [6.45, 7) is 0. The Morgan fingerprint density at radius 1 is 1.24 bits per heavy atom. The predicted octanol–water partition coefficient (Wildman–Crippen LogP) is 4.26. The van der Waals surface area contributed by atoms with Gasteiger partial charge < -0.3 is 10.5 Å². The molecule has 0 aliphatic heterocycles. The molecule has 2 aromatic rings. The number of halogens is 1. The number of aryl methyl sites for hydroxylation is 1. The Hall–Kier alpha value is -1.32. The van der Waals surface area contributed by atoms with Crippen LogP contribution in [0, 0.1) is 5.92 Å². The maximum Gasteiger partial charge on any atom is 0.119 e. The molecule has 0 aromatic heterocycles. The minimum Gasteiger partial charge on any atom is -0.497 e. The predicted molar refractivity (Wildman–Crippen MR) is 89.6 cm³/mol. The summed E-state index contributed by atoms with van der Waals surface area (Å²) in [5.41, 5.74) is 10.5. The first-order chi connectivity index (χ1) is 10.2. The highest BCUT2D eigenvalue weighted by atomic mass is 79.9. The molecule has 0 saturated carbocycles. The zero-order valence-corrected chi connectivity index (χ0v) is 13.8. The van der Waals surface area contributed by atoms with Gasteiger partial charge >= 0.3 is 0 Å². The van der Waals surface area contributed by atoms with Crippen LogP contribution in [0.25, 0.3) is 0 Å². The van der Waals surface area contributed by atoms with Gasteiger partial charge in [0.1, 0.15) is 5.75 Å². The Kier molecular flexibility index (Phi) is 4.32. The monoisotopic (exact) mass is 345 g/mol. The second-order valence-corrected chi connectivity index (χ2v) is 6.54. The van der Waals surface area contributed by atoms with E-state index in [1.165, 1.54) is 16.7 Å². The molecule has 2 unspecified atom stereocenters. The molecule has 0 amide bonds. The largest absolute Gasteiger partial charge is 0.497 e. The van der Waals surface area contributed by atoms with Crippen molar-refractivity contribution >= 4 is 15.9 Å². The van der Waals surface area contributed by atoms with Gasteiger partial charge in [0.05, 0.1) is 7.11 Å². The quantitative estimate of drug-likeness (QED) is 0.901. The Labute approximate surface area is 134 Å². The smallest absolute Gasteiger partial charge is 0.119 e. The van der Waals surface area contributed by atoms with Crippen LogP contribution in [0.2, 0.25) is 0 Å². The van der Waals surface area contributed by atoms with Crippen molar-refractivity contribution in [2.45, 2.75) is 25.3 Å². The van der Waals surface area contributed by atoms with Crippen molar-refractivity contribution < 1.29 is 4.74 Å². The number of hydrogen-bond acceptors (Lipinski definition) is 2. The van der Waals surface area contributed by atoms with Crippen molar-refractivity contribution in [3.8, 4) is 5.75 Å². The SMILES string of the molecule is COc1ccc(Br)c(CC2CCc3ccccc3C2N)c1. The van der Waals surface area contributed by atoms with E-state index in [2.05, 4.69) is 52.3 Å². The lowest BCUT2D eigenvalue weighted by atomic mass is 9.77. The molecule has 2 nitrogen and oxygen atoms in total. The van der Waals surface area contributed by atoms with Crippen LogP contribution in [0.5, 0.6) is 5.75 Å². The lowest BCUT2D eigenvalue weighted by Gasteiger charge is -2.31. The van der Waals surface area contributed by atoms with Crippen LogP contribution in [-0.4, -0.2) is 7.11 Å². The summed E-state index contributed by atoms with van der Waals surface area (Å²) < 4.78 is 6.46. The van der Waals surface area contributed by atoms with Crippen molar-refractivity contribution in [1.29, 1.82) is 0 Å². The van der Waals surface area contributed by atoms with Gasteiger partial charge in [0.2, 0.25) is 0 Å². The van der Waals surface area contributed by atoms with Crippen LogP contribution >= 0.6 is 15.9 Å². The summed E-state index contributed by atoms with van der Waals surface area (Å²) in [6, 6.07) is 14.8. The second-order valence-electron chi connectivity index (χ2n) is 5.68.